The second-order valence-electron chi connectivity index (χ2n) is 8.33. The molecule has 34 heavy (non-hydrogen) atoms. The summed E-state index contributed by atoms with van der Waals surface area (Å²) in [6.45, 7) is 3.60. The monoisotopic (exact) mass is 477 g/mol. The third kappa shape index (κ3) is 5.13. The first-order valence-corrected chi connectivity index (χ1v) is 12.0. The van der Waals surface area contributed by atoms with Crippen molar-refractivity contribution in [3.05, 3.63) is 64.6 Å². The summed E-state index contributed by atoms with van der Waals surface area (Å²) in [6, 6.07) is 9.93. The number of imidazole rings is 1. The quantitative estimate of drug-likeness (QED) is 0.530. The molecule has 1 aliphatic rings. The third-order valence-electron chi connectivity index (χ3n) is 6.08. The van der Waals surface area contributed by atoms with E-state index in [1.165, 1.54) is 11.3 Å². The van der Waals surface area contributed by atoms with E-state index in [1.807, 2.05) is 46.9 Å². The van der Waals surface area contributed by atoms with Gasteiger partial charge in [0.05, 0.1) is 25.5 Å². The number of thiophene rings is 1. The largest absolute Gasteiger partial charge is 0.496 e. The SMILES string of the molecule is COc1ccccc1C(C)CC(=O)Nc1sc2c(c1C#N)CCN(C(=O)CCn1ccnc1)C2. The van der Waals surface area contributed by atoms with Gasteiger partial charge >= 0.3 is 0 Å². The van der Waals surface area contributed by atoms with Crippen LogP contribution in [0, 0.1) is 11.3 Å². The smallest absolute Gasteiger partial charge is 0.225 e. The molecule has 3 aromatic rings. The van der Waals surface area contributed by atoms with Gasteiger partial charge in [0.1, 0.15) is 16.8 Å². The molecular weight excluding hydrogens is 450 g/mol. The molecule has 0 aliphatic carbocycles. The molecule has 1 unspecified atom stereocenters. The Morgan fingerprint density at radius 2 is 2.18 bits per heavy atom. The van der Waals surface area contributed by atoms with Crippen molar-refractivity contribution in [1.82, 2.24) is 14.5 Å². The number of nitrogens with one attached hydrogen (secondary N) is 1. The van der Waals surface area contributed by atoms with E-state index in [9.17, 15) is 14.9 Å². The van der Waals surface area contributed by atoms with Gasteiger partial charge in [-0.2, -0.15) is 5.26 Å². The highest BCUT2D eigenvalue weighted by molar-refractivity contribution is 7.16. The first kappa shape index (κ1) is 23.5. The Bertz CT molecular complexity index is 1210. The van der Waals surface area contributed by atoms with Crippen molar-refractivity contribution >= 4 is 28.2 Å². The number of para-hydroxylation sites is 1. The van der Waals surface area contributed by atoms with Crippen LogP contribution in [0.5, 0.6) is 5.75 Å². The van der Waals surface area contributed by atoms with E-state index >= 15 is 0 Å². The zero-order chi connectivity index (χ0) is 24.1. The average molecular weight is 478 g/mol. The lowest BCUT2D eigenvalue weighted by molar-refractivity contribution is -0.132. The van der Waals surface area contributed by atoms with Gasteiger partial charge in [0, 0.05) is 43.2 Å². The molecule has 1 atom stereocenters. The molecule has 3 heterocycles. The molecule has 0 fully saturated rings. The summed E-state index contributed by atoms with van der Waals surface area (Å²) < 4.78 is 7.30. The molecule has 0 spiro atoms. The number of amides is 2. The Morgan fingerprint density at radius 3 is 2.91 bits per heavy atom. The number of nitrogens with zero attached hydrogens (tertiary/aromatic N) is 4. The third-order valence-corrected chi connectivity index (χ3v) is 7.21. The zero-order valence-electron chi connectivity index (χ0n) is 19.3. The summed E-state index contributed by atoms with van der Waals surface area (Å²) in [5.41, 5.74) is 2.43. The number of carbonyl (C=O) groups is 2. The van der Waals surface area contributed by atoms with E-state index in [1.54, 1.807) is 19.6 Å². The van der Waals surface area contributed by atoms with Gasteiger partial charge in [-0.3, -0.25) is 9.59 Å². The Hall–Kier alpha value is -3.64. The highest BCUT2D eigenvalue weighted by Gasteiger charge is 2.27. The fraction of sp³-hybridized carbons (Fsp3) is 0.360. The zero-order valence-corrected chi connectivity index (χ0v) is 20.1. The van der Waals surface area contributed by atoms with Crippen LogP contribution >= 0.6 is 11.3 Å². The highest BCUT2D eigenvalue weighted by Crippen LogP contribution is 2.37. The van der Waals surface area contributed by atoms with Crippen LogP contribution in [0.4, 0.5) is 5.00 Å². The minimum Gasteiger partial charge on any atom is -0.496 e. The molecular formula is C25H27N5O3S. The van der Waals surface area contributed by atoms with Crippen molar-refractivity contribution in [2.75, 3.05) is 19.0 Å². The molecule has 9 heteroatoms. The number of aromatic nitrogens is 2. The van der Waals surface area contributed by atoms with Gasteiger partial charge in [-0.25, -0.2) is 4.98 Å². The minimum atomic E-state index is -0.151. The van der Waals surface area contributed by atoms with Crippen LogP contribution in [0.1, 0.15) is 47.3 Å². The number of methoxy groups -OCH3 is 1. The summed E-state index contributed by atoms with van der Waals surface area (Å²) in [6.07, 6.45) is 6.51. The number of rotatable bonds is 8. The van der Waals surface area contributed by atoms with Crippen LogP contribution in [0.25, 0.3) is 0 Å². The number of fused-ring (bicyclic) bond motifs is 1. The molecule has 4 rings (SSSR count). The Morgan fingerprint density at radius 1 is 1.35 bits per heavy atom. The topological polar surface area (TPSA) is 100 Å². The van der Waals surface area contributed by atoms with Gasteiger partial charge in [0.25, 0.3) is 0 Å². The molecule has 1 aromatic carbocycles. The van der Waals surface area contributed by atoms with Gasteiger partial charge in [-0.05, 0) is 29.5 Å². The predicted molar refractivity (Wildman–Crippen MR) is 130 cm³/mol. The van der Waals surface area contributed by atoms with Crippen LogP contribution in [0.3, 0.4) is 0 Å². The second kappa shape index (κ2) is 10.5. The van der Waals surface area contributed by atoms with Crippen molar-refractivity contribution in [3.63, 3.8) is 0 Å². The summed E-state index contributed by atoms with van der Waals surface area (Å²) in [4.78, 5) is 32.3. The number of hydrogen-bond donors (Lipinski definition) is 1. The van der Waals surface area contributed by atoms with Crippen molar-refractivity contribution in [2.24, 2.45) is 0 Å². The molecule has 8 nitrogen and oxygen atoms in total. The number of ether oxygens (including phenoxy) is 1. The molecule has 2 aromatic heterocycles. The van der Waals surface area contributed by atoms with Crippen molar-refractivity contribution in [2.45, 2.75) is 45.2 Å². The van der Waals surface area contributed by atoms with Crippen LogP contribution in [-0.4, -0.2) is 39.9 Å². The van der Waals surface area contributed by atoms with E-state index in [-0.39, 0.29) is 24.2 Å². The predicted octanol–water partition coefficient (Wildman–Crippen LogP) is 3.93. The molecule has 176 valence electrons. The lowest BCUT2D eigenvalue weighted by Crippen LogP contribution is -2.35. The number of aryl methyl sites for hydroxylation is 1. The van der Waals surface area contributed by atoms with Gasteiger partial charge < -0.3 is 19.5 Å². The molecule has 2 amide bonds. The maximum atomic E-state index is 12.8. The summed E-state index contributed by atoms with van der Waals surface area (Å²) in [5.74, 6) is 0.633. The summed E-state index contributed by atoms with van der Waals surface area (Å²) in [7, 11) is 1.62. The molecule has 0 radical (unpaired) electrons. The standard InChI is InChI=1S/C25H27N5O3S/c1-17(18-5-3-4-6-21(18)33-2)13-23(31)28-25-20(14-26)19-7-11-30(15-22(19)34-25)24(32)8-10-29-12-9-27-16-29/h3-6,9,12,16-17H,7-8,10-11,13,15H2,1-2H3,(H,28,31). The maximum Gasteiger partial charge on any atom is 0.225 e. The average Bonchev–Trinajstić information content (AvgIpc) is 3.49. The number of hydrogen-bond acceptors (Lipinski definition) is 6. The van der Waals surface area contributed by atoms with E-state index in [0.29, 0.717) is 43.0 Å². The first-order valence-electron chi connectivity index (χ1n) is 11.2. The van der Waals surface area contributed by atoms with Gasteiger partial charge in [-0.15, -0.1) is 11.3 Å². The number of carbonyl (C=O) groups excluding carboxylic acids is 2. The highest BCUT2D eigenvalue weighted by atomic mass is 32.1. The molecule has 0 saturated carbocycles. The van der Waals surface area contributed by atoms with E-state index < -0.39 is 0 Å². The lowest BCUT2D eigenvalue weighted by atomic mass is 9.96. The number of benzene rings is 1. The molecule has 0 bridgehead atoms. The summed E-state index contributed by atoms with van der Waals surface area (Å²) >= 11 is 1.39. The van der Waals surface area contributed by atoms with Gasteiger partial charge in [0.2, 0.25) is 11.8 Å². The minimum absolute atomic E-state index is 0.0418. The maximum absolute atomic E-state index is 12.8. The Kier molecular flexibility index (Phi) is 7.28. The van der Waals surface area contributed by atoms with Crippen molar-refractivity contribution in [1.29, 1.82) is 5.26 Å². The fourth-order valence-corrected chi connectivity index (χ4v) is 5.49. The van der Waals surface area contributed by atoms with Gasteiger partial charge in [0.15, 0.2) is 0 Å². The normalized spacial score (nSPS) is 13.6. The molecule has 1 N–H and O–H groups in total. The molecule has 0 saturated heterocycles. The van der Waals surface area contributed by atoms with Gasteiger partial charge in [-0.1, -0.05) is 25.1 Å². The van der Waals surface area contributed by atoms with Crippen LogP contribution in [0.2, 0.25) is 0 Å². The van der Waals surface area contributed by atoms with E-state index in [2.05, 4.69) is 16.4 Å². The first-order chi connectivity index (χ1) is 16.5. The van der Waals surface area contributed by atoms with E-state index in [4.69, 9.17) is 4.74 Å². The van der Waals surface area contributed by atoms with Crippen LogP contribution in [-0.2, 0) is 29.1 Å². The number of anilines is 1. The summed E-state index contributed by atoms with van der Waals surface area (Å²) in [5, 5.41) is 13.3. The second-order valence-corrected chi connectivity index (χ2v) is 9.44. The van der Waals surface area contributed by atoms with Crippen LogP contribution < -0.4 is 10.1 Å². The van der Waals surface area contributed by atoms with Crippen molar-refractivity contribution < 1.29 is 14.3 Å². The lowest BCUT2D eigenvalue weighted by Gasteiger charge is -2.27. The molecule has 1 aliphatic heterocycles. The fourth-order valence-electron chi connectivity index (χ4n) is 4.26. The Balaban J connectivity index is 1.41. The number of nitriles is 1. The Labute approximate surface area is 202 Å². The van der Waals surface area contributed by atoms with E-state index in [0.717, 1.165) is 21.8 Å². The van der Waals surface area contributed by atoms with Crippen molar-refractivity contribution in [3.8, 4) is 11.8 Å². The van der Waals surface area contributed by atoms with Crippen LogP contribution in [0.15, 0.2) is 43.0 Å².